The van der Waals surface area contributed by atoms with E-state index >= 15 is 0 Å². The highest BCUT2D eigenvalue weighted by molar-refractivity contribution is 7.91. The van der Waals surface area contributed by atoms with Gasteiger partial charge in [-0.25, -0.2) is 8.42 Å². The van der Waals surface area contributed by atoms with E-state index in [9.17, 15) is 13.2 Å². The average Bonchev–Trinajstić information content (AvgIpc) is 2.52. The van der Waals surface area contributed by atoms with Crippen LogP contribution in [0.1, 0.15) is 17.3 Å². The van der Waals surface area contributed by atoms with Crippen LogP contribution in [0.5, 0.6) is 0 Å². The van der Waals surface area contributed by atoms with E-state index in [0.29, 0.717) is 18.7 Å². The van der Waals surface area contributed by atoms with Crippen molar-refractivity contribution in [2.75, 3.05) is 39.1 Å². The largest absolute Gasteiger partial charge is 0.384 e. The van der Waals surface area contributed by atoms with Gasteiger partial charge in [0.1, 0.15) is 0 Å². The van der Waals surface area contributed by atoms with Crippen molar-refractivity contribution < 1.29 is 17.9 Å². The van der Waals surface area contributed by atoms with E-state index in [1.807, 2.05) is 6.92 Å². The van der Waals surface area contributed by atoms with Gasteiger partial charge < -0.3 is 15.0 Å². The van der Waals surface area contributed by atoms with E-state index in [4.69, 9.17) is 4.74 Å². The van der Waals surface area contributed by atoms with Crippen molar-refractivity contribution in [2.45, 2.75) is 17.9 Å². The zero-order valence-electron chi connectivity index (χ0n) is 12.9. The van der Waals surface area contributed by atoms with Crippen LogP contribution in [-0.2, 0) is 14.6 Å². The van der Waals surface area contributed by atoms with Crippen molar-refractivity contribution >= 4 is 15.7 Å². The fourth-order valence-electron chi connectivity index (χ4n) is 2.42. The fraction of sp³-hybridized carbons (Fsp3) is 0.533. The van der Waals surface area contributed by atoms with Crippen LogP contribution >= 0.6 is 0 Å². The number of ether oxygens (including phenoxy) is 1. The molecule has 6 nitrogen and oxygen atoms in total. The molecule has 1 aromatic rings. The molecule has 122 valence electrons. The molecule has 1 fully saturated rings. The SMILES string of the molecule is COCCS(=O)(=O)c1ccc(C(=O)N2CCN[C@H](C)C2)cc1. The van der Waals surface area contributed by atoms with Gasteiger partial charge in [0.05, 0.1) is 17.3 Å². The minimum Gasteiger partial charge on any atom is -0.384 e. The minimum atomic E-state index is -3.36. The Balaban J connectivity index is 2.10. The molecule has 0 radical (unpaired) electrons. The molecule has 1 saturated heterocycles. The molecule has 2 rings (SSSR count). The smallest absolute Gasteiger partial charge is 0.253 e. The Morgan fingerprint density at radius 3 is 2.64 bits per heavy atom. The number of carbonyl (C=O) groups excluding carboxylic acids is 1. The Bertz CT molecular complexity index is 613. The molecule has 1 aromatic carbocycles. The Morgan fingerprint density at radius 2 is 2.05 bits per heavy atom. The third-order valence-corrected chi connectivity index (χ3v) is 5.37. The van der Waals surface area contributed by atoms with E-state index in [1.165, 1.54) is 19.2 Å². The quantitative estimate of drug-likeness (QED) is 0.855. The number of piperazine rings is 1. The summed E-state index contributed by atoms with van der Waals surface area (Å²) >= 11 is 0. The van der Waals surface area contributed by atoms with Gasteiger partial charge in [-0.1, -0.05) is 0 Å². The maximum atomic E-state index is 12.4. The van der Waals surface area contributed by atoms with Crippen LogP contribution in [-0.4, -0.2) is 64.4 Å². The number of nitrogens with zero attached hydrogens (tertiary/aromatic N) is 1. The van der Waals surface area contributed by atoms with E-state index in [0.717, 1.165) is 6.54 Å². The first-order valence-corrected chi connectivity index (χ1v) is 8.93. The van der Waals surface area contributed by atoms with Crippen molar-refractivity contribution in [1.82, 2.24) is 10.2 Å². The summed E-state index contributed by atoms with van der Waals surface area (Å²) in [6.07, 6.45) is 0. The highest BCUT2D eigenvalue weighted by atomic mass is 32.2. The highest BCUT2D eigenvalue weighted by Crippen LogP contribution is 2.14. The van der Waals surface area contributed by atoms with Gasteiger partial charge in [-0.15, -0.1) is 0 Å². The molecule has 1 aliphatic rings. The third-order valence-electron chi connectivity index (χ3n) is 3.67. The molecule has 0 aromatic heterocycles. The monoisotopic (exact) mass is 326 g/mol. The third kappa shape index (κ3) is 4.06. The van der Waals surface area contributed by atoms with Crippen molar-refractivity contribution in [3.8, 4) is 0 Å². The Kier molecular flexibility index (Phi) is 5.55. The zero-order valence-corrected chi connectivity index (χ0v) is 13.7. The van der Waals surface area contributed by atoms with Crippen LogP contribution < -0.4 is 5.32 Å². The van der Waals surface area contributed by atoms with Crippen molar-refractivity contribution in [3.05, 3.63) is 29.8 Å². The number of hydrogen-bond donors (Lipinski definition) is 1. The van der Waals surface area contributed by atoms with Gasteiger partial charge in [0.2, 0.25) is 0 Å². The van der Waals surface area contributed by atoms with Crippen LogP contribution in [0.25, 0.3) is 0 Å². The first-order chi connectivity index (χ1) is 10.4. The van der Waals surface area contributed by atoms with E-state index in [2.05, 4.69) is 5.32 Å². The number of nitrogens with one attached hydrogen (secondary N) is 1. The van der Waals surface area contributed by atoms with Crippen molar-refractivity contribution in [2.24, 2.45) is 0 Å². The van der Waals surface area contributed by atoms with E-state index in [1.54, 1.807) is 17.0 Å². The summed E-state index contributed by atoms with van der Waals surface area (Å²) in [4.78, 5) is 14.4. The van der Waals surface area contributed by atoms with Crippen LogP contribution in [0.3, 0.4) is 0 Å². The molecule has 0 bridgehead atoms. The number of carbonyl (C=O) groups is 1. The minimum absolute atomic E-state index is 0.0609. The van der Waals surface area contributed by atoms with Crippen LogP contribution in [0, 0.1) is 0 Å². The van der Waals surface area contributed by atoms with Crippen LogP contribution in [0.15, 0.2) is 29.2 Å². The molecular formula is C15H22N2O4S. The van der Waals surface area contributed by atoms with E-state index in [-0.39, 0.29) is 29.2 Å². The molecular weight excluding hydrogens is 304 g/mol. The van der Waals surface area contributed by atoms with Gasteiger partial charge in [-0.2, -0.15) is 0 Å². The number of rotatable bonds is 5. The second kappa shape index (κ2) is 7.21. The van der Waals surface area contributed by atoms with Gasteiger partial charge in [0.25, 0.3) is 5.91 Å². The molecule has 0 spiro atoms. The number of sulfone groups is 1. The molecule has 0 aliphatic carbocycles. The Labute approximate surface area is 131 Å². The summed E-state index contributed by atoms with van der Waals surface area (Å²) in [5, 5.41) is 3.28. The summed E-state index contributed by atoms with van der Waals surface area (Å²) in [7, 11) is -1.89. The number of amides is 1. The molecule has 1 amide bonds. The second-order valence-electron chi connectivity index (χ2n) is 5.44. The molecule has 22 heavy (non-hydrogen) atoms. The number of benzene rings is 1. The Morgan fingerprint density at radius 1 is 1.36 bits per heavy atom. The lowest BCUT2D eigenvalue weighted by molar-refractivity contribution is 0.0709. The molecule has 1 heterocycles. The molecule has 0 saturated carbocycles. The van der Waals surface area contributed by atoms with Gasteiger partial charge in [-0.3, -0.25) is 4.79 Å². The summed E-state index contributed by atoms with van der Waals surface area (Å²) < 4.78 is 28.9. The second-order valence-corrected chi connectivity index (χ2v) is 7.55. The molecule has 0 unspecified atom stereocenters. The van der Waals surface area contributed by atoms with Crippen LogP contribution in [0.2, 0.25) is 0 Å². The lowest BCUT2D eigenvalue weighted by Gasteiger charge is -2.32. The normalized spacial score (nSPS) is 19.2. The highest BCUT2D eigenvalue weighted by Gasteiger charge is 2.22. The summed E-state index contributed by atoms with van der Waals surface area (Å²) in [5.74, 6) is -0.124. The molecule has 1 atom stereocenters. The van der Waals surface area contributed by atoms with E-state index < -0.39 is 9.84 Å². The first kappa shape index (κ1) is 16.9. The van der Waals surface area contributed by atoms with Crippen LogP contribution in [0.4, 0.5) is 0 Å². The predicted octanol–water partition coefficient (Wildman–Crippen LogP) is 0.541. The Hall–Kier alpha value is -1.44. The maximum absolute atomic E-state index is 12.4. The van der Waals surface area contributed by atoms with Crippen molar-refractivity contribution in [1.29, 1.82) is 0 Å². The van der Waals surface area contributed by atoms with Crippen molar-refractivity contribution in [3.63, 3.8) is 0 Å². The van der Waals surface area contributed by atoms with Gasteiger partial charge in [0.15, 0.2) is 9.84 Å². The molecule has 7 heteroatoms. The molecule has 1 N–H and O–H groups in total. The topological polar surface area (TPSA) is 75.7 Å². The number of hydrogen-bond acceptors (Lipinski definition) is 5. The first-order valence-electron chi connectivity index (χ1n) is 7.28. The maximum Gasteiger partial charge on any atom is 0.253 e. The van der Waals surface area contributed by atoms with Gasteiger partial charge in [-0.05, 0) is 31.2 Å². The molecule has 1 aliphatic heterocycles. The summed E-state index contributed by atoms with van der Waals surface area (Å²) in [5.41, 5.74) is 0.514. The zero-order chi connectivity index (χ0) is 16.2. The predicted molar refractivity (Wildman–Crippen MR) is 83.7 cm³/mol. The standard InChI is InChI=1S/C15H22N2O4S/c1-12-11-17(8-7-16-12)15(18)13-3-5-14(6-4-13)22(19,20)10-9-21-2/h3-6,12,16H,7-11H2,1-2H3/t12-/m1/s1. The van der Waals surface area contributed by atoms with Gasteiger partial charge >= 0.3 is 0 Å². The lowest BCUT2D eigenvalue weighted by atomic mass is 10.1. The number of methoxy groups -OCH3 is 1. The fourth-order valence-corrected chi connectivity index (χ4v) is 3.59. The lowest BCUT2D eigenvalue weighted by Crippen LogP contribution is -2.51. The van der Waals surface area contributed by atoms with Gasteiger partial charge in [0, 0.05) is 38.3 Å². The summed E-state index contributed by atoms with van der Waals surface area (Å²) in [6.45, 7) is 4.28. The average molecular weight is 326 g/mol. The summed E-state index contributed by atoms with van der Waals surface area (Å²) in [6, 6.07) is 6.41.